The van der Waals surface area contributed by atoms with Crippen LogP contribution in [0, 0.1) is 0 Å². The van der Waals surface area contributed by atoms with E-state index in [1.54, 1.807) is 0 Å². The topological polar surface area (TPSA) is 0 Å². The molecule has 0 saturated carbocycles. The summed E-state index contributed by atoms with van der Waals surface area (Å²) < 4.78 is 13.5. The quantitative estimate of drug-likeness (QED) is 0.242. The zero-order valence-corrected chi connectivity index (χ0v) is 12.4. The Balaban J connectivity index is 3.10. The average molecular weight is 256 g/mol. The van der Waals surface area contributed by atoms with Gasteiger partial charge < -0.3 is 0 Å². The Hall–Kier alpha value is -0.330. The van der Waals surface area contributed by atoms with Crippen LogP contribution in [0.1, 0.15) is 90.4 Å². The molecule has 0 bridgehead atoms. The molecule has 0 radical (unpaired) electrons. The average Bonchev–Trinajstić information content (AvgIpc) is 2.38. The van der Waals surface area contributed by atoms with E-state index in [9.17, 15) is 4.39 Å². The van der Waals surface area contributed by atoms with E-state index in [4.69, 9.17) is 0 Å². The standard InChI is InChI=1S/C17H33F/c1-3-5-7-9-10-11-12-14-16-17(18)15-13-8-6-4-2/h3,17H,1,4-16H2,2H3/t17-/m1/s1. The summed E-state index contributed by atoms with van der Waals surface area (Å²) in [7, 11) is 0. The molecule has 0 aromatic heterocycles. The second-order valence-electron chi connectivity index (χ2n) is 5.43. The molecular formula is C17H33F. The fourth-order valence-electron chi connectivity index (χ4n) is 2.30. The van der Waals surface area contributed by atoms with Gasteiger partial charge in [-0.05, 0) is 25.7 Å². The first-order chi connectivity index (χ1) is 8.81. The Labute approximate surface area is 114 Å². The van der Waals surface area contributed by atoms with E-state index in [0.29, 0.717) is 0 Å². The van der Waals surface area contributed by atoms with Gasteiger partial charge in [-0.2, -0.15) is 0 Å². The first kappa shape index (κ1) is 17.7. The zero-order valence-electron chi connectivity index (χ0n) is 12.4. The van der Waals surface area contributed by atoms with Gasteiger partial charge in [-0.15, -0.1) is 6.58 Å². The van der Waals surface area contributed by atoms with Crippen LogP contribution in [0.4, 0.5) is 4.39 Å². The molecule has 0 unspecified atom stereocenters. The molecule has 1 heteroatoms. The Bertz CT molecular complexity index is 165. The van der Waals surface area contributed by atoms with Crippen LogP contribution < -0.4 is 0 Å². The Kier molecular flexibility index (Phi) is 14.5. The molecule has 18 heavy (non-hydrogen) atoms. The summed E-state index contributed by atoms with van der Waals surface area (Å²) in [4.78, 5) is 0. The molecule has 108 valence electrons. The van der Waals surface area contributed by atoms with Crippen molar-refractivity contribution in [3.63, 3.8) is 0 Å². The molecule has 0 aliphatic carbocycles. The van der Waals surface area contributed by atoms with E-state index in [-0.39, 0.29) is 0 Å². The summed E-state index contributed by atoms with van der Waals surface area (Å²) in [6.07, 6.45) is 16.4. The predicted octanol–water partition coefficient (Wildman–Crippen LogP) is 6.60. The van der Waals surface area contributed by atoms with Crippen molar-refractivity contribution >= 4 is 0 Å². The number of allylic oxidation sites excluding steroid dienone is 1. The van der Waals surface area contributed by atoms with Crippen LogP contribution in [0.3, 0.4) is 0 Å². The van der Waals surface area contributed by atoms with E-state index in [0.717, 1.165) is 32.1 Å². The van der Waals surface area contributed by atoms with E-state index >= 15 is 0 Å². The normalized spacial score (nSPS) is 12.6. The second kappa shape index (κ2) is 14.7. The van der Waals surface area contributed by atoms with E-state index in [1.165, 1.54) is 51.4 Å². The van der Waals surface area contributed by atoms with Crippen LogP contribution in [-0.2, 0) is 0 Å². The fraction of sp³-hybridized carbons (Fsp3) is 0.882. The van der Waals surface area contributed by atoms with Gasteiger partial charge >= 0.3 is 0 Å². The van der Waals surface area contributed by atoms with Crippen molar-refractivity contribution in [2.45, 2.75) is 96.6 Å². The van der Waals surface area contributed by atoms with Gasteiger partial charge in [0.25, 0.3) is 0 Å². The summed E-state index contributed by atoms with van der Waals surface area (Å²) in [5.74, 6) is 0. The van der Waals surface area contributed by atoms with Crippen molar-refractivity contribution in [1.29, 1.82) is 0 Å². The Morgan fingerprint density at radius 3 is 1.89 bits per heavy atom. The minimum absolute atomic E-state index is 0.539. The van der Waals surface area contributed by atoms with Crippen molar-refractivity contribution in [3.05, 3.63) is 12.7 Å². The number of alkyl halides is 1. The molecule has 1 atom stereocenters. The number of hydrogen-bond acceptors (Lipinski definition) is 0. The number of hydrogen-bond donors (Lipinski definition) is 0. The summed E-state index contributed by atoms with van der Waals surface area (Å²) in [6.45, 7) is 5.92. The smallest absolute Gasteiger partial charge is 0.100 e. The van der Waals surface area contributed by atoms with Crippen LogP contribution in [0.2, 0.25) is 0 Å². The Morgan fingerprint density at radius 2 is 1.33 bits per heavy atom. The van der Waals surface area contributed by atoms with Crippen molar-refractivity contribution in [3.8, 4) is 0 Å². The van der Waals surface area contributed by atoms with Gasteiger partial charge in [0.15, 0.2) is 0 Å². The van der Waals surface area contributed by atoms with Gasteiger partial charge in [0.05, 0.1) is 0 Å². The minimum atomic E-state index is -0.539. The van der Waals surface area contributed by atoms with Gasteiger partial charge in [0.1, 0.15) is 6.17 Å². The molecule has 0 saturated heterocycles. The lowest BCUT2D eigenvalue weighted by molar-refractivity contribution is 0.279. The van der Waals surface area contributed by atoms with Crippen LogP contribution in [0.15, 0.2) is 12.7 Å². The third-order valence-corrected chi connectivity index (χ3v) is 3.55. The van der Waals surface area contributed by atoms with Crippen molar-refractivity contribution < 1.29 is 4.39 Å². The highest BCUT2D eigenvalue weighted by Gasteiger charge is 2.05. The first-order valence-corrected chi connectivity index (χ1v) is 8.06. The lowest BCUT2D eigenvalue weighted by Gasteiger charge is -2.07. The molecule has 0 N–H and O–H groups in total. The molecule has 0 heterocycles. The summed E-state index contributed by atoms with van der Waals surface area (Å²) in [5.41, 5.74) is 0. The van der Waals surface area contributed by atoms with Gasteiger partial charge in [0.2, 0.25) is 0 Å². The Morgan fingerprint density at radius 1 is 0.833 bits per heavy atom. The van der Waals surface area contributed by atoms with Crippen molar-refractivity contribution in [2.75, 3.05) is 0 Å². The van der Waals surface area contributed by atoms with Gasteiger partial charge in [-0.25, -0.2) is 4.39 Å². The lowest BCUT2D eigenvalue weighted by atomic mass is 10.0. The largest absolute Gasteiger partial charge is 0.247 e. The van der Waals surface area contributed by atoms with Crippen LogP contribution in [-0.4, -0.2) is 6.17 Å². The van der Waals surface area contributed by atoms with Gasteiger partial charge in [-0.3, -0.25) is 0 Å². The lowest BCUT2D eigenvalue weighted by Crippen LogP contribution is -1.99. The van der Waals surface area contributed by atoms with Crippen molar-refractivity contribution in [2.24, 2.45) is 0 Å². The monoisotopic (exact) mass is 256 g/mol. The van der Waals surface area contributed by atoms with Gasteiger partial charge in [-0.1, -0.05) is 70.8 Å². The molecule has 0 nitrogen and oxygen atoms in total. The fourth-order valence-corrected chi connectivity index (χ4v) is 2.30. The summed E-state index contributed by atoms with van der Waals surface area (Å²) >= 11 is 0. The first-order valence-electron chi connectivity index (χ1n) is 8.06. The predicted molar refractivity (Wildman–Crippen MR) is 80.8 cm³/mol. The third-order valence-electron chi connectivity index (χ3n) is 3.55. The molecular weight excluding hydrogens is 223 g/mol. The maximum Gasteiger partial charge on any atom is 0.100 e. The molecule has 0 fully saturated rings. The number of rotatable bonds is 14. The highest BCUT2D eigenvalue weighted by Crippen LogP contribution is 2.15. The van der Waals surface area contributed by atoms with Crippen LogP contribution in [0.5, 0.6) is 0 Å². The van der Waals surface area contributed by atoms with Crippen LogP contribution in [0.25, 0.3) is 0 Å². The zero-order chi connectivity index (χ0) is 13.5. The molecule has 0 aromatic rings. The van der Waals surface area contributed by atoms with Crippen molar-refractivity contribution in [1.82, 2.24) is 0 Å². The highest BCUT2D eigenvalue weighted by atomic mass is 19.1. The number of unbranched alkanes of at least 4 members (excludes halogenated alkanes) is 9. The summed E-state index contributed by atoms with van der Waals surface area (Å²) in [6, 6.07) is 0. The second-order valence-corrected chi connectivity index (χ2v) is 5.43. The molecule has 0 spiro atoms. The van der Waals surface area contributed by atoms with E-state index in [2.05, 4.69) is 13.5 Å². The van der Waals surface area contributed by atoms with Crippen LogP contribution >= 0.6 is 0 Å². The minimum Gasteiger partial charge on any atom is -0.247 e. The molecule has 0 rings (SSSR count). The van der Waals surface area contributed by atoms with Gasteiger partial charge in [0, 0.05) is 0 Å². The van der Waals surface area contributed by atoms with E-state index in [1.807, 2.05) is 6.08 Å². The molecule has 0 aliphatic heterocycles. The summed E-state index contributed by atoms with van der Waals surface area (Å²) in [5, 5.41) is 0. The van der Waals surface area contributed by atoms with E-state index < -0.39 is 6.17 Å². The maximum absolute atomic E-state index is 13.5. The molecule has 0 aromatic carbocycles. The highest BCUT2D eigenvalue weighted by molar-refractivity contribution is 4.65. The third kappa shape index (κ3) is 13.7. The maximum atomic E-state index is 13.5. The SMILES string of the molecule is C=CCCCCCCCC[C@H](F)CCCCCC. The number of halogens is 1. The molecule has 0 aliphatic rings. The molecule has 0 amide bonds.